The average Bonchev–Trinajstić information content (AvgIpc) is 2.23. The van der Waals surface area contributed by atoms with Crippen LogP contribution in [0.5, 0.6) is 5.75 Å². The molecule has 1 aliphatic heterocycles. The lowest BCUT2D eigenvalue weighted by Crippen LogP contribution is -2.35. The fourth-order valence-corrected chi connectivity index (χ4v) is 2.02. The van der Waals surface area contributed by atoms with Gasteiger partial charge in [-0.3, -0.25) is 0 Å². The Hall–Kier alpha value is -1.02. The summed E-state index contributed by atoms with van der Waals surface area (Å²) in [5.74, 6) is 1.54. The van der Waals surface area contributed by atoms with Gasteiger partial charge in [0, 0.05) is 12.6 Å². The molecule has 0 radical (unpaired) electrons. The van der Waals surface area contributed by atoms with Crippen molar-refractivity contribution >= 4 is 0 Å². The maximum Gasteiger partial charge on any atom is 0.119 e. The number of nitrogens with one attached hydrogen (secondary N) is 1. The van der Waals surface area contributed by atoms with Gasteiger partial charge in [-0.05, 0) is 36.1 Å². The van der Waals surface area contributed by atoms with Crippen LogP contribution in [0.15, 0.2) is 18.2 Å². The van der Waals surface area contributed by atoms with Crippen molar-refractivity contribution in [1.82, 2.24) is 5.32 Å². The van der Waals surface area contributed by atoms with E-state index < -0.39 is 0 Å². The summed E-state index contributed by atoms with van der Waals surface area (Å²) >= 11 is 0. The molecule has 1 N–H and O–H groups in total. The van der Waals surface area contributed by atoms with E-state index in [9.17, 15) is 0 Å². The molecule has 1 aromatic carbocycles. The van der Waals surface area contributed by atoms with Crippen LogP contribution >= 0.6 is 0 Å². The first-order valence-electron chi connectivity index (χ1n) is 5.12. The van der Waals surface area contributed by atoms with Gasteiger partial charge in [-0.1, -0.05) is 13.0 Å². The van der Waals surface area contributed by atoms with Crippen LogP contribution in [0.25, 0.3) is 0 Å². The van der Waals surface area contributed by atoms with Crippen molar-refractivity contribution in [2.45, 2.75) is 32.4 Å². The second-order valence-corrected chi connectivity index (χ2v) is 4.02. The Morgan fingerprint density at radius 2 is 2.14 bits per heavy atom. The Kier molecular flexibility index (Phi) is 2.46. The van der Waals surface area contributed by atoms with E-state index in [2.05, 4.69) is 31.3 Å². The Labute approximate surface area is 85.3 Å². The molecular weight excluding hydrogens is 174 g/mol. The summed E-state index contributed by atoms with van der Waals surface area (Å²) in [6.07, 6.45) is 0. The van der Waals surface area contributed by atoms with E-state index >= 15 is 0 Å². The van der Waals surface area contributed by atoms with E-state index in [-0.39, 0.29) is 0 Å². The summed E-state index contributed by atoms with van der Waals surface area (Å²) in [6.45, 7) is 5.46. The molecule has 0 spiro atoms. The molecule has 1 aliphatic rings. The number of fused-ring (bicyclic) bond motifs is 1. The van der Waals surface area contributed by atoms with Gasteiger partial charge in [0.1, 0.15) is 5.75 Å². The normalized spacial score (nSPS) is 25.6. The van der Waals surface area contributed by atoms with Gasteiger partial charge >= 0.3 is 0 Å². The van der Waals surface area contributed by atoms with Gasteiger partial charge in [0.15, 0.2) is 0 Å². The average molecular weight is 191 g/mol. The van der Waals surface area contributed by atoms with Crippen molar-refractivity contribution in [3.05, 3.63) is 29.3 Å². The molecule has 76 valence electrons. The third-order valence-electron chi connectivity index (χ3n) is 3.21. The summed E-state index contributed by atoms with van der Waals surface area (Å²) in [5.41, 5.74) is 2.83. The van der Waals surface area contributed by atoms with Gasteiger partial charge in [-0.15, -0.1) is 0 Å². The van der Waals surface area contributed by atoms with Gasteiger partial charge in [0.25, 0.3) is 0 Å². The number of rotatable bonds is 1. The molecule has 1 aromatic rings. The topological polar surface area (TPSA) is 21.3 Å². The molecule has 0 aromatic heterocycles. The largest absolute Gasteiger partial charge is 0.497 e. The van der Waals surface area contributed by atoms with Crippen LogP contribution in [0.4, 0.5) is 0 Å². The number of hydrogen-bond acceptors (Lipinski definition) is 2. The fourth-order valence-electron chi connectivity index (χ4n) is 2.02. The lowest BCUT2D eigenvalue weighted by atomic mass is 9.87. The minimum absolute atomic E-state index is 0.566. The van der Waals surface area contributed by atoms with Crippen LogP contribution in [0.1, 0.15) is 30.9 Å². The number of ether oxygens (including phenoxy) is 1. The highest BCUT2D eigenvalue weighted by atomic mass is 16.5. The zero-order valence-corrected chi connectivity index (χ0v) is 9.00. The molecule has 0 saturated carbocycles. The standard InChI is InChI=1S/C12H17NO/c1-8-9(2)13-7-10-6-11(14-3)4-5-12(8)10/h4-6,8-9,13H,7H2,1-3H3. The summed E-state index contributed by atoms with van der Waals surface area (Å²) in [7, 11) is 1.71. The quantitative estimate of drug-likeness (QED) is 0.735. The Bertz CT molecular complexity index is 335. The maximum atomic E-state index is 5.21. The van der Waals surface area contributed by atoms with E-state index in [1.165, 1.54) is 11.1 Å². The van der Waals surface area contributed by atoms with E-state index in [1.54, 1.807) is 7.11 Å². The van der Waals surface area contributed by atoms with Crippen LogP contribution in [0.2, 0.25) is 0 Å². The molecule has 0 aliphatic carbocycles. The number of hydrogen-bond donors (Lipinski definition) is 1. The minimum Gasteiger partial charge on any atom is -0.497 e. The predicted molar refractivity (Wildman–Crippen MR) is 57.7 cm³/mol. The molecule has 1 heterocycles. The lowest BCUT2D eigenvalue weighted by molar-refractivity contribution is 0.408. The molecule has 14 heavy (non-hydrogen) atoms. The molecule has 2 heteroatoms. The first-order valence-corrected chi connectivity index (χ1v) is 5.12. The summed E-state index contributed by atoms with van der Waals surface area (Å²) in [4.78, 5) is 0. The smallest absolute Gasteiger partial charge is 0.119 e. The van der Waals surface area contributed by atoms with Crippen LogP contribution in [-0.2, 0) is 6.54 Å². The first-order chi connectivity index (χ1) is 6.72. The molecule has 0 fully saturated rings. The first kappa shape index (κ1) is 9.53. The van der Waals surface area contributed by atoms with Crippen molar-refractivity contribution in [2.75, 3.05) is 7.11 Å². The van der Waals surface area contributed by atoms with Crippen molar-refractivity contribution in [3.8, 4) is 5.75 Å². The molecule has 2 nitrogen and oxygen atoms in total. The molecule has 0 amide bonds. The predicted octanol–water partition coefficient (Wildman–Crippen LogP) is 2.29. The van der Waals surface area contributed by atoms with E-state index in [4.69, 9.17) is 4.74 Å². The Morgan fingerprint density at radius 1 is 1.36 bits per heavy atom. The SMILES string of the molecule is COc1ccc2c(c1)CNC(C)C2C. The van der Waals surface area contributed by atoms with Gasteiger partial charge in [-0.25, -0.2) is 0 Å². The maximum absolute atomic E-state index is 5.21. The summed E-state index contributed by atoms with van der Waals surface area (Å²) in [6, 6.07) is 6.93. The third kappa shape index (κ3) is 1.50. The second-order valence-electron chi connectivity index (χ2n) is 4.02. The lowest BCUT2D eigenvalue weighted by Gasteiger charge is -2.30. The molecule has 0 saturated heterocycles. The van der Waals surface area contributed by atoms with E-state index in [0.29, 0.717) is 12.0 Å². The molecule has 2 unspecified atom stereocenters. The van der Waals surface area contributed by atoms with Crippen molar-refractivity contribution in [1.29, 1.82) is 0 Å². The van der Waals surface area contributed by atoms with Gasteiger partial charge in [0.2, 0.25) is 0 Å². The monoisotopic (exact) mass is 191 g/mol. The Morgan fingerprint density at radius 3 is 2.86 bits per heavy atom. The minimum atomic E-state index is 0.566. The van der Waals surface area contributed by atoms with E-state index in [0.717, 1.165) is 12.3 Å². The summed E-state index contributed by atoms with van der Waals surface area (Å²) < 4.78 is 5.21. The van der Waals surface area contributed by atoms with Crippen LogP contribution < -0.4 is 10.1 Å². The van der Waals surface area contributed by atoms with Crippen LogP contribution in [0, 0.1) is 0 Å². The molecule has 2 atom stereocenters. The zero-order chi connectivity index (χ0) is 10.1. The van der Waals surface area contributed by atoms with Gasteiger partial charge in [0.05, 0.1) is 7.11 Å². The fraction of sp³-hybridized carbons (Fsp3) is 0.500. The summed E-state index contributed by atoms with van der Waals surface area (Å²) in [5, 5.41) is 3.48. The number of benzene rings is 1. The second kappa shape index (κ2) is 3.62. The van der Waals surface area contributed by atoms with Crippen LogP contribution in [0.3, 0.4) is 0 Å². The molecule has 0 bridgehead atoms. The zero-order valence-electron chi connectivity index (χ0n) is 9.00. The van der Waals surface area contributed by atoms with E-state index in [1.807, 2.05) is 6.07 Å². The van der Waals surface area contributed by atoms with Crippen LogP contribution in [-0.4, -0.2) is 13.2 Å². The highest BCUT2D eigenvalue weighted by Gasteiger charge is 2.22. The van der Waals surface area contributed by atoms with Crippen molar-refractivity contribution < 1.29 is 4.74 Å². The highest BCUT2D eigenvalue weighted by Crippen LogP contribution is 2.29. The number of methoxy groups -OCH3 is 1. The highest BCUT2D eigenvalue weighted by molar-refractivity contribution is 5.39. The van der Waals surface area contributed by atoms with Gasteiger partial charge in [-0.2, -0.15) is 0 Å². The molecular formula is C12H17NO. The van der Waals surface area contributed by atoms with Gasteiger partial charge < -0.3 is 10.1 Å². The van der Waals surface area contributed by atoms with Crippen molar-refractivity contribution in [3.63, 3.8) is 0 Å². The molecule has 2 rings (SSSR count). The van der Waals surface area contributed by atoms with Crippen molar-refractivity contribution in [2.24, 2.45) is 0 Å². The Balaban J connectivity index is 2.38. The third-order valence-corrected chi connectivity index (χ3v) is 3.21.